The number of hydrogen-bond acceptors (Lipinski definition) is 4. The number of aromatic nitrogens is 1. The van der Waals surface area contributed by atoms with Crippen LogP contribution in [0.3, 0.4) is 0 Å². The molecule has 2 rings (SSSR count). The molecule has 4 heteroatoms. The minimum Gasteiger partial charge on any atom is -0.394 e. The number of pyridine rings is 1. The average Bonchev–Trinajstić information content (AvgIpc) is 2.90. The van der Waals surface area contributed by atoms with Gasteiger partial charge in [0, 0.05) is 36.6 Å². The van der Waals surface area contributed by atoms with Gasteiger partial charge >= 0.3 is 0 Å². The molecule has 1 aliphatic carbocycles. The molecule has 1 aliphatic rings. The van der Waals surface area contributed by atoms with Crippen molar-refractivity contribution in [1.29, 1.82) is 0 Å². The van der Waals surface area contributed by atoms with Gasteiger partial charge in [-0.25, -0.2) is 0 Å². The lowest BCUT2D eigenvalue weighted by atomic mass is 9.97. The van der Waals surface area contributed by atoms with Crippen molar-refractivity contribution in [2.45, 2.75) is 57.2 Å². The summed E-state index contributed by atoms with van der Waals surface area (Å²) in [6.45, 7) is 5.59. The zero-order chi connectivity index (χ0) is 15.3. The summed E-state index contributed by atoms with van der Waals surface area (Å²) in [6, 6.07) is 5.14. The van der Waals surface area contributed by atoms with E-state index in [-0.39, 0.29) is 12.1 Å². The Morgan fingerprint density at radius 3 is 2.76 bits per heavy atom. The second-order valence-corrected chi connectivity index (χ2v) is 6.72. The molecule has 2 N–H and O–H groups in total. The molecule has 0 aromatic carbocycles. The highest BCUT2D eigenvalue weighted by molar-refractivity contribution is 5.10. The highest BCUT2D eigenvalue weighted by Gasteiger charge is 2.40. The Hall–Kier alpha value is -0.970. The van der Waals surface area contributed by atoms with Crippen LogP contribution in [-0.4, -0.2) is 52.8 Å². The minimum absolute atomic E-state index is 0.0796. The maximum Gasteiger partial charge on any atom is 0.0614 e. The maximum atomic E-state index is 9.78. The molecule has 1 fully saturated rings. The summed E-state index contributed by atoms with van der Waals surface area (Å²) in [5, 5.41) is 13.4. The third-order valence-electron chi connectivity index (χ3n) is 4.61. The Balaban J connectivity index is 1.85. The predicted octanol–water partition coefficient (Wildman–Crippen LogP) is 1.84. The van der Waals surface area contributed by atoms with Crippen LogP contribution in [0.5, 0.6) is 0 Å². The van der Waals surface area contributed by atoms with Crippen molar-refractivity contribution in [3.63, 3.8) is 0 Å². The number of nitrogens with zero attached hydrogens (tertiary/aromatic N) is 2. The van der Waals surface area contributed by atoms with Crippen molar-refractivity contribution < 1.29 is 5.11 Å². The molecule has 0 bridgehead atoms. The normalized spacial score (nSPS) is 25.9. The maximum absolute atomic E-state index is 9.78. The second-order valence-electron chi connectivity index (χ2n) is 6.72. The lowest BCUT2D eigenvalue weighted by molar-refractivity contribution is 0.142. The van der Waals surface area contributed by atoms with E-state index < -0.39 is 0 Å². The SMILES string of the molecule is CC(C)NC1(CO)CCC(N(C)CCc2ccncc2)C1. The van der Waals surface area contributed by atoms with Gasteiger partial charge in [-0.15, -0.1) is 0 Å². The van der Waals surface area contributed by atoms with Crippen molar-refractivity contribution in [1.82, 2.24) is 15.2 Å². The van der Waals surface area contributed by atoms with E-state index in [2.05, 4.69) is 48.2 Å². The van der Waals surface area contributed by atoms with E-state index >= 15 is 0 Å². The van der Waals surface area contributed by atoms with Gasteiger partial charge in [0.05, 0.1) is 6.61 Å². The Labute approximate surface area is 128 Å². The molecule has 21 heavy (non-hydrogen) atoms. The third kappa shape index (κ3) is 4.50. The fourth-order valence-corrected chi connectivity index (χ4v) is 3.44. The van der Waals surface area contributed by atoms with E-state index in [0.717, 1.165) is 32.2 Å². The van der Waals surface area contributed by atoms with Crippen LogP contribution in [0.4, 0.5) is 0 Å². The second kappa shape index (κ2) is 7.34. The van der Waals surface area contributed by atoms with Crippen LogP contribution >= 0.6 is 0 Å². The van der Waals surface area contributed by atoms with Gasteiger partial charge in [0.1, 0.15) is 0 Å². The first-order chi connectivity index (χ1) is 10.0. The summed E-state index contributed by atoms with van der Waals surface area (Å²) in [5.41, 5.74) is 1.26. The molecular weight excluding hydrogens is 262 g/mol. The van der Waals surface area contributed by atoms with E-state index in [0.29, 0.717) is 12.1 Å². The number of nitrogens with one attached hydrogen (secondary N) is 1. The topological polar surface area (TPSA) is 48.4 Å². The first kappa shape index (κ1) is 16.4. The van der Waals surface area contributed by atoms with Gasteiger partial charge < -0.3 is 15.3 Å². The van der Waals surface area contributed by atoms with Crippen molar-refractivity contribution in [2.75, 3.05) is 20.2 Å². The lowest BCUT2D eigenvalue weighted by Crippen LogP contribution is -2.50. The molecule has 0 spiro atoms. The van der Waals surface area contributed by atoms with Crippen molar-refractivity contribution >= 4 is 0 Å². The third-order valence-corrected chi connectivity index (χ3v) is 4.61. The van der Waals surface area contributed by atoms with Crippen LogP contribution in [-0.2, 0) is 6.42 Å². The van der Waals surface area contributed by atoms with Crippen LogP contribution in [0.15, 0.2) is 24.5 Å². The fraction of sp³-hybridized carbons (Fsp3) is 0.706. The van der Waals surface area contributed by atoms with E-state index in [1.807, 2.05) is 12.4 Å². The van der Waals surface area contributed by atoms with Gasteiger partial charge in [-0.2, -0.15) is 0 Å². The Morgan fingerprint density at radius 1 is 1.43 bits per heavy atom. The molecule has 4 nitrogen and oxygen atoms in total. The highest BCUT2D eigenvalue weighted by Crippen LogP contribution is 2.32. The van der Waals surface area contributed by atoms with Gasteiger partial charge in [0.25, 0.3) is 0 Å². The summed E-state index contributed by atoms with van der Waals surface area (Å²) in [5.74, 6) is 0. The van der Waals surface area contributed by atoms with E-state index in [4.69, 9.17) is 0 Å². The van der Waals surface area contributed by atoms with Crippen molar-refractivity contribution in [3.05, 3.63) is 30.1 Å². The molecule has 1 aromatic rings. The molecule has 2 unspecified atom stereocenters. The molecule has 0 radical (unpaired) electrons. The Bertz CT molecular complexity index is 423. The van der Waals surface area contributed by atoms with Crippen molar-refractivity contribution in [2.24, 2.45) is 0 Å². The lowest BCUT2D eigenvalue weighted by Gasteiger charge is -2.32. The number of rotatable bonds is 7. The quantitative estimate of drug-likeness (QED) is 0.805. The number of aliphatic hydroxyl groups excluding tert-OH is 1. The monoisotopic (exact) mass is 291 g/mol. The van der Waals surface area contributed by atoms with Crippen molar-refractivity contribution in [3.8, 4) is 0 Å². The molecule has 0 amide bonds. The smallest absolute Gasteiger partial charge is 0.0614 e. The van der Waals surface area contributed by atoms with Gasteiger partial charge in [0.15, 0.2) is 0 Å². The summed E-state index contributed by atoms with van der Waals surface area (Å²) >= 11 is 0. The molecule has 1 heterocycles. The highest BCUT2D eigenvalue weighted by atomic mass is 16.3. The van der Waals surface area contributed by atoms with Crippen LogP contribution < -0.4 is 5.32 Å². The summed E-state index contributed by atoms with van der Waals surface area (Å²) in [6.07, 6.45) is 8.02. The Morgan fingerprint density at radius 2 is 2.14 bits per heavy atom. The molecule has 1 saturated carbocycles. The fourth-order valence-electron chi connectivity index (χ4n) is 3.44. The molecular formula is C17H29N3O. The number of likely N-dealkylation sites (N-methyl/N-ethyl adjacent to an activating group) is 1. The van der Waals surface area contributed by atoms with Gasteiger partial charge in [-0.1, -0.05) is 13.8 Å². The first-order valence-corrected chi connectivity index (χ1v) is 8.02. The molecule has 118 valence electrons. The minimum atomic E-state index is -0.0796. The summed E-state index contributed by atoms with van der Waals surface area (Å²) < 4.78 is 0. The molecule has 2 atom stereocenters. The van der Waals surface area contributed by atoms with E-state index in [9.17, 15) is 5.11 Å². The summed E-state index contributed by atoms with van der Waals surface area (Å²) in [7, 11) is 2.20. The standard InChI is InChI=1S/C17H29N3O/c1-14(2)19-17(13-21)8-4-16(12-17)20(3)11-7-15-5-9-18-10-6-15/h5-6,9-10,14,16,19,21H,4,7-8,11-13H2,1-3H3. The van der Waals surface area contributed by atoms with Crippen LogP contribution in [0.1, 0.15) is 38.7 Å². The number of aliphatic hydroxyl groups is 1. The largest absolute Gasteiger partial charge is 0.394 e. The first-order valence-electron chi connectivity index (χ1n) is 8.02. The molecule has 0 aliphatic heterocycles. The van der Waals surface area contributed by atoms with Crippen LogP contribution in [0, 0.1) is 0 Å². The van der Waals surface area contributed by atoms with E-state index in [1.54, 1.807) is 0 Å². The molecule has 1 aromatic heterocycles. The molecule has 0 saturated heterocycles. The van der Waals surface area contributed by atoms with Crippen LogP contribution in [0.25, 0.3) is 0 Å². The zero-order valence-electron chi connectivity index (χ0n) is 13.5. The van der Waals surface area contributed by atoms with E-state index in [1.165, 1.54) is 5.56 Å². The summed E-state index contributed by atoms with van der Waals surface area (Å²) in [4.78, 5) is 6.50. The Kier molecular flexibility index (Phi) is 5.73. The van der Waals surface area contributed by atoms with Gasteiger partial charge in [-0.05, 0) is 50.4 Å². The predicted molar refractivity (Wildman–Crippen MR) is 86.3 cm³/mol. The van der Waals surface area contributed by atoms with Gasteiger partial charge in [0.2, 0.25) is 0 Å². The number of hydrogen-bond donors (Lipinski definition) is 2. The van der Waals surface area contributed by atoms with Gasteiger partial charge in [-0.3, -0.25) is 4.98 Å². The average molecular weight is 291 g/mol. The van der Waals surface area contributed by atoms with Crippen LogP contribution in [0.2, 0.25) is 0 Å². The zero-order valence-corrected chi connectivity index (χ0v) is 13.5.